The van der Waals surface area contributed by atoms with E-state index in [1.165, 1.54) is 0 Å². The molecule has 3 rings (SSSR count). The minimum absolute atomic E-state index is 0.0487. The third kappa shape index (κ3) is 2.70. The molecule has 0 aromatic carbocycles. The molecule has 6 nitrogen and oxygen atoms in total. The second-order valence-electron chi connectivity index (χ2n) is 5.75. The molecule has 0 unspecified atom stereocenters. The number of likely N-dealkylation sites (tertiary alicyclic amines) is 1. The van der Waals surface area contributed by atoms with Gasteiger partial charge < -0.3 is 9.64 Å². The number of aromatic nitrogens is 3. The Balaban J connectivity index is 1.77. The molecule has 1 fully saturated rings. The van der Waals surface area contributed by atoms with E-state index in [9.17, 15) is 4.79 Å². The third-order valence-electron chi connectivity index (χ3n) is 4.24. The first kappa shape index (κ1) is 15.0. The van der Waals surface area contributed by atoms with Crippen molar-refractivity contribution >= 4 is 16.9 Å². The summed E-state index contributed by atoms with van der Waals surface area (Å²) in [6, 6.07) is 1.90. The van der Waals surface area contributed by atoms with Gasteiger partial charge in [0.15, 0.2) is 5.65 Å². The van der Waals surface area contributed by atoms with E-state index in [-0.39, 0.29) is 12.0 Å². The lowest BCUT2D eigenvalue weighted by atomic mass is 10.1. The summed E-state index contributed by atoms with van der Waals surface area (Å²) >= 11 is 0. The number of amides is 1. The lowest BCUT2D eigenvalue weighted by Gasteiger charge is -2.31. The number of carbonyl (C=O) groups is 1. The lowest BCUT2D eigenvalue weighted by Crippen LogP contribution is -2.40. The van der Waals surface area contributed by atoms with Gasteiger partial charge in [0.2, 0.25) is 0 Å². The molecule has 0 atom stereocenters. The summed E-state index contributed by atoms with van der Waals surface area (Å²) in [5.41, 5.74) is 2.34. The number of nitrogens with zero attached hydrogens (tertiary/aromatic N) is 4. The van der Waals surface area contributed by atoms with Gasteiger partial charge in [-0.2, -0.15) is 5.10 Å². The van der Waals surface area contributed by atoms with Crippen LogP contribution in [0.15, 0.2) is 12.3 Å². The minimum atomic E-state index is 0.0487. The first-order chi connectivity index (χ1) is 10.6. The average Bonchev–Trinajstić information content (AvgIpc) is 2.82. The van der Waals surface area contributed by atoms with E-state index >= 15 is 0 Å². The monoisotopic (exact) mass is 302 g/mol. The van der Waals surface area contributed by atoms with Crippen LogP contribution >= 0.6 is 0 Å². The highest BCUT2D eigenvalue weighted by molar-refractivity contribution is 5.97. The summed E-state index contributed by atoms with van der Waals surface area (Å²) in [6.07, 6.45) is 3.75. The third-order valence-corrected chi connectivity index (χ3v) is 4.24. The smallest absolute Gasteiger partial charge is 0.255 e. The SMILES string of the molecule is CCOC1CCN(C(=O)c2cnc3c(c2)c(C)nn3C)CC1. The van der Waals surface area contributed by atoms with Gasteiger partial charge in [0.1, 0.15) is 0 Å². The van der Waals surface area contributed by atoms with Crippen molar-refractivity contribution in [3.05, 3.63) is 23.5 Å². The van der Waals surface area contributed by atoms with Crippen molar-refractivity contribution in [2.75, 3.05) is 19.7 Å². The highest BCUT2D eigenvalue weighted by atomic mass is 16.5. The van der Waals surface area contributed by atoms with E-state index in [1.807, 2.05) is 31.9 Å². The standard InChI is InChI=1S/C16H22N4O2/c1-4-22-13-5-7-20(8-6-13)16(21)12-9-14-11(2)18-19(3)15(14)17-10-12/h9-10,13H,4-8H2,1-3H3. The van der Waals surface area contributed by atoms with E-state index in [1.54, 1.807) is 10.9 Å². The van der Waals surface area contributed by atoms with Crippen LogP contribution in [0.2, 0.25) is 0 Å². The molecule has 1 aliphatic heterocycles. The molecule has 0 saturated carbocycles. The second kappa shape index (κ2) is 6.04. The van der Waals surface area contributed by atoms with Crippen LogP contribution in [-0.2, 0) is 11.8 Å². The minimum Gasteiger partial charge on any atom is -0.378 e. The second-order valence-corrected chi connectivity index (χ2v) is 5.75. The largest absolute Gasteiger partial charge is 0.378 e. The molecule has 0 radical (unpaired) electrons. The van der Waals surface area contributed by atoms with Gasteiger partial charge in [-0.15, -0.1) is 0 Å². The highest BCUT2D eigenvalue weighted by Crippen LogP contribution is 2.20. The van der Waals surface area contributed by atoms with E-state index in [2.05, 4.69) is 10.1 Å². The Hall–Kier alpha value is -1.95. The number of piperidine rings is 1. The predicted octanol–water partition coefficient (Wildman–Crippen LogP) is 1.92. The molecule has 0 N–H and O–H groups in total. The maximum Gasteiger partial charge on any atom is 0.255 e. The van der Waals surface area contributed by atoms with Crippen molar-refractivity contribution in [2.24, 2.45) is 7.05 Å². The summed E-state index contributed by atoms with van der Waals surface area (Å²) in [5.74, 6) is 0.0487. The van der Waals surface area contributed by atoms with Crippen molar-refractivity contribution in [3.8, 4) is 0 Å². The highest BCUT2D eigenvalue weighted by Gasteiger charge is 2.24. The topological polar surface area (TPSA) is 60.2 Å². The summed E-state index contributed by atoms with van der Waals surface area (Å²) in [5, 5.41) is 5.29. The number of pyridine rings is 1. The van der Waals surface area contributed by atoms with E-state index < -0.39 is 0 Å². The molecule has 1 amide bonds. The van der Waals surface area contributed by atoms with Crippen LogP contribution in [-0.4, -0.2) is 51.4 Å². The molecule has 118 valence electrons. The van der Waals surface area contributed by atoms with E-state index in [0.29, 0.717) is 5.56 Å². The van der Waals surface area contributed by atoms with Crippen LogP contribution in [0.25, 0.3) is 11.0 Å². The molecular formula is C16H22N4O2. The maximum atomic E-state index is 12.6. The zero-order valence-electron chi connectivity index (χ0n) is 13.4. The lowest BCUT2D eigenvalue weighted by molar-refractivity contribution is 0.0146. The van der Waals surface area contributed by atoms with Crippen molar-refractivity contribution in [3.63, 3.8) is 0 Å². The predicted molar refractivity (Wildman–Crippen MR) is 83.8 cm³/mol. The van der Waals surface area contributed by atoms with Crippen molar-refractivity contribution in [2.45, 2.75) is 32.8 Å². The quantitative estimate of drug-likeness (QED) is 0.869. The molecule has 3 heterocycles. The first-order valence-corrected chi connectivity index (χ1v) is 7.80. The van der Waals surface area contributed by atoms with Crippen molar-refractivity contribution in [1.82, 2.24) is 19.7 Å². The van der Waals surface area contributed by atoms with Gasteiger partial charge in [-0.05, 0) is 32.8 Å². The van der Waals surface area contributed by atoms with Gasteiger partial charge >= 0.3 is 0 Å². The Bertz CT molecular complexity index is 687. The molecule has 1 aliphatic rings. The van der Waals surface area contributed by atoms with Gasteiger partial charge in [-0.1, -0.05) is 0 Å². The summed E-state index contributed by atoms with van der Waals surface area (Å²) in [4.78, 5) is 18.9. The summed E-state index contributed by atoms with van der Waals surface area (Å²) in [7, 11) is 1.86. The van der Waals surface area contributed by atoms with Gasteiger partial charge in [0.25, 0.3) is 5.91 Å². The number of hydrogen-bond donors (Lipinski definition) is 0. The molecule has 6 heteroatoms. The normalized spacial score (nSPS) is 16.4. The van der Waals surface area contributed by atoms with Gasteiger partial charge in [-0.25, -0.2) is 4.98 Å². The molecule has 0 aliphatic carbocycles. The van der Waals surface area contributed by atoms with Gasteiger partial charge in [0, 0.05) is 38.3 Å². The van der Waals surface area contributed by atoms with Crippen LogP contribution in [0.4, 0.5) is 0 Å². The Morgan fingerprint density at radius 1 is 1.41 bits per heavy atom. The molecule has 0 spiro atoms. The summed E-state index contributed by atoms with van der Waals surface area (Å²) < 4.78 is 7.37. The van der Waals surface area contributed by atoms with Gasteiger partial charge in [-0.3, -0.25) is 9.48 Å². The Morgan fingerprint density at radius 2 is 2.14 bits per heavy atom. The van der Waals surface area contributed by atoms with E-state index in [4.69, 9.17) is 4.74 Å². The van der Waals surface area contributed by atoms with Crippen LogP contribution in [0, 0.1) is 6.92 Å². The average molecular weight is 302 g/mol. The fourth-order valence-electron chi connectivity index (χ4n) is 3.07. The molecule has 2 aromatic rings. The van der Waals surface area contributed by atoms with Crippen LogP contribution in [0.5, 0.6) is 0 Å². The van der Waals surface area contributed by atoms with Crippen molar-refractivity contribution in [1.29, 1.82) is 0 Å². The number of ether oxygens (including phenoxy) is 1. The number of fused-ring (bicyclic) bond motifs is 1. The van der Waals surface area contributed by atoms with Crippen LogP contribution in [0.3, 0.4) is 0 Å². The molecule has 0 bridgehead atoms. The number of aryl methyl sites for hydroxylation is 2. The maximum absolute atomic E-state index is 12.6. The Labute approximate surface area is 130 Å². The Kier molecular flexibility index (Phi) is 4.11. The van der Waals surface area contributed by atoms with Crippen molar-refractivity contribution < 1.29 is 9.53 Å². The summed E-state index contributed by atoms with van der Waals surface area (Å²) in [6.45, 7) is 6.17. The fraction of sp³-hybridized carbons (Fsp3) is 0.562. The molecule has 2 aromatic heterocycles. The van der Waals surface area contributed by atoms with E-state index in [0.717, 1.165) is 49.3 Å². The fourth-order valence-corrected chi connectivity index (χ4v) is 3.07. The van der Waals surface area contributed by atoms with Gasteiger partial charge in [0.05, 0.1) is 17.4 Å². The number of carbonyl (C=O) groups excluding carboxylic acids is 1. The number of hydrogen-bond acceptors (Lipinski definition) is 4. The first-order valence-electron chi connectivity index (χ1n) is 7.80. The number of rotatable bonds is 3. The Morgan fingerprint density at radius 3 is 2.82 bits per heavy atom. The zero-order chi connectivity index (χ0) is 15.7. The molecule has 22 heavy (non-hydrogen) atoms. The zero-order valence-corrected chi connectivity index (χ0v) is 13.4. The van der Waals surface area contributed by atoms with Crippen LogP contribution < -0.4 is 0 Å². The molecule has 1 saturated heterocycles. The molecular weight excluding hydrogens is 280 g/mol. The van der Waals surface area contributed by atoms with Crippen LogP contribution in [0.1, 0.15) is 35.8 Å².